The van der Waals surface area contributed by atoms with Crippen LogP contribution in [-0.4, -0.2) is 68.5 Å². The van der Waals surface area contributed by atoms with Crippen LogP contribution in [0.25, 0.3) is 0 Å². The van der Waals surface area contributed by atoms with Gasteiger partial charge in [-0.1, -0.05) is 54.7 Å². The normalized spacial score (nSPS) is 32.4. The topological polar surface area (TPSA) is 93.2 Å². The molecular formula is C31H31F9O6SSi. The Morgan fingerprint density at radius 1 is 0.958 bits per heavy atom. The fraction of sp³-hybridized carbons (Fsp3) is 0.581. The van der Waals surface area contributed by atoms with Crippen molar-refractivity contribution in [2.45, 2.75) is 98.2 Å². The minimum absolute atomic E-state index is 0.0204. The molecule has 0 aromatic heterocycles. The van der Waals surface area contributed by atoms with Crippen LogP contribution in [-0.2, 0) is 26.1 Å². The summed E-state index contributed by atoms with van der Waals surface area (Å²) in [5, 5.41) is 5.77. The molecule has 1 N–H and O–H groups in total. The number of halogens is 9. The average molecular weight is 731 g/mol. The molecule has 264 valence electrons. The van der Waals surface area contributed by atoms with Crippen LogP contribution in [0.5, 0.6) is 5.75 Å². The molecule has 0 amide bonds. The van der Waals surface area contributed by atoms with Gasteiger partial charge < -0.3 is 14.0 Å². The Labute approximate surface area is 270 Å². The minimum Gasteiger partial charge on any atom is -0.390 e. The Morgan fingerprint density at radius 3 is 2.19 bits per heavy atom. The fourth-order valence-electron chi connectivity index (χ4n) is 8.41. The van der Waals surface area contributed by atoms with E-state index in [1.807, 2.05) is 37.3 Å². The maximum Gasteiger partial charge on any atom is 0.460 e. The molecule has 3 aliphatic carbocycles. The summed E-state index contributed by atoms with van der Waals surface area (Å²) in [6, 6.07) is 12.7. The Balaban J connectivity index is 1.28. The molecule has 7 atom stereocenters. The molecule has 2 saturated carbocycles. The van der Waals surface area contributed by atoms with Crippen LogP contribution in [0.4, 0.5) is 39.5 Å². The molecule has 0 bridgehead atoms. The quantitative estimate of drug-likeness (QED) is 0.155. The summed E-state index contributed by atoms with van der Waals surface area (Å²) in [4.78, 5) is 14.2. The molecule has 1 saturated heterocycles. The molecular weight excluding hydrogens is 699 g/mol. The molecule has 48 heavy (non-hydrogen) atoms. The van der Waals surface area contributed by atoms with Gasteiger partial charge in [0.15, 0.2) is 0 Å². The van der Waals surface area contributed by atoms with Crippen molar-refractivity contribution < 1.29 is 66.8 Å². The van der Waals surface area contributed by atoms with Gasteiger partial charge in [0.05, 0.1) is 19.6 Å². The highest BCUT2D eigenvalue weighted by Crippen LogP contribution is 2.72. The van der Waals surface area contributed by atoms with Crippen molar-refractivity contribution in [3.8, 4) is 5.75 Å². The predicted molar refractivity (Wildman–Crippen MR) is 155 cm³/mol. The lowest BCUT2D eigenvalue weighted by molar-refractivity contribution is -0.382. The number of ketones is 1. The Hall–Kier alpha value is -2.63. The van der Waals surface area contributed by atoms with Gasteiger partial charge in [-0.3, -0.25) is 4.79 Å². The van der Waals surface area contributed by atoms with Crippen LogP contribution in [0.1, 0.15) is 43.2 Å². The molecule has 0 radical (unpaired) electrons. The monoisotopic (exact) mass is 730 g/mol. The molecule has 2 aromatic rings. The highest BCUT2D eigenvalue weighted by atomic mass is 32.2. The van der Waals surface area contributed by atoms with Gasteiger partial charge in [0.25, 0.3) is 0 Å². The molecule has 6 nitrogen and oxygen atoms in total. The summed E-state index contributed by atoms with van der Waals surface area (Å²) in [6.07, 6.45) is -7.91. The van der Waals surface area contributed by atoms with E-state index in [0.29, 0.717) is 18.4 Å². The van der Waals surface area contributed by atoms with E-state index < -0.39 is 82.3 Å². The molecule has 1 spiro atoms. The summed E-state index contributed by atoms with van der Waals surface area (Å²) in [5.74, 6) is -17.1. The molecule has 1 heterocycles. The van der Waals surface area contributed by atoms with Crippen molar-refractivity contribution in [2.24, 2.45) is 11.3 Å². The van der Waals surface area contributed by atoms with Gasteiger partial charge in [0.2, 0.25) is 0 Å². The number of aliphatic hydroxyl groups is 1. The average Bonchev–Trinajstić information content (AvgIpc) is 3.73. The van der Waals surface area contributed by atoms with Crippen molar-refractivity contribution in [3.63, 3.8) is 0 Å². The zero-order chi connectivity index (χ0) is 35.7. The molecule has 17 heteroatoms. The van der Waals surface area contributed by atoms with Crippen molar-refractivity contribution in [1.82, 2.24) is 0 Å². The number of carbonyl (C=O) groups is 1. The first-order valence-corrected chi connectivity index (χ1v) is 19.6. The predicted octanol–water partition coefficient (Wildman–Crippen LogP) is 6.33. The van der Waals surface area contributed by atoms with Crippen molar-refractivity contribution in [2.75, 3.05) is 0 Å². The van der Waals surface area contributed by atoms with Gasteiger partial charge in [-0.05, 0) is 60.9 Å². The van der Waals surface area contributed by atoms with Gasteiger partial charge in [0.1, 0.15) is 23.2 Å². The Morgan fingerprint density at radius 2 is 1.58 bits per heavy atom. The highest BCUT2D eigenvalue weighted by molar-refractivity contribution is 7.88. The third-order valence-corrected chi connectivity index (χ3v) is 17.0. The number of rotatable bonds is 7. The number of alkyl halides is 9. The van der Waals surface area contributed by atoms with Gasteiger partial charge in [-0.15, -0.1) is 0 Å². The molecule has 2 aromatic carbocycles. The summed E-state index contributed by atoms with van der Waals surface area (Å²) >= 11 is 0. The second-order valence-corrected chi connectivity index (χ2v) is 20.4. The Kier molecular flexibility index (Phi) is 7.66. The van der Waals surface area contributed by atoms with Crippen LogP contribution in [0.3, 0.4) is 0 Å². The van der Waals surface area contributed by atoms with Crippen LogP contribution < -0.4 is 9.37 Å². The van der Waals surface area contributed by atoms with E-state index in [0.717, 1.165) is 12.1 Å². The lowest BCUT2D eigenvalue weighted by Gasteiger charge is -2.56. The van der Waals surface area contributed by atoms with E-state index >= 15 is 0 Å². The molecule has 3 fully saturated rings. The second-order valence-electron chi connectivity index (χ2n) is 14.0. The first-order chi connectivity index (χ1) is 21.9. The molecule has 0 unspecified atom stereocenters. The van der Waals surface area contributed by atoms with E-state index in [1.165, 1.54) is 11.3 Å². The first kappa shape index (κ1) is 35.2. The smallest absolute Gasteiger partial charge is 0.390 e. The number of hydrogen-bond acceptors (Lipinski definition) is 6. The zero-order valence-corrected chi connectivity index (χ0v) is 27.4. The summed E-state index contributed by atoms with van der Waals surface area (Å²) in [6.45, 7) is 6.20. The standard InChI is InChI=1S/C31H31F9O6SSi/c1-26-21-12-9-16-13-17(46-47(43,44)31(39,40)29(34,35)28(32,33)30(36,37)38)10-11-20(16)23(21)24(42)25-27(26,45-25)15-19(14-22(26)41)48(2,3)18-7-5-4-6-8-18/h4-8,10-11,13,19,21,23-25,42H,9,12,14-15H2,1-3H3/t19-,21-,23-,24-,25-,26-,27-/m0/s1. The van der Waals surface area contributed by atoms with E-state index in [1.54, 1.807) is 0 Å². The van der Waals surface area contributed by atoms with Gasteiger partial charge in [-0.2, -0.15) is 47.9 Å². The lowest BCUT2D eigenvalue weighted by Crippen LogP contribution is -2.64. The largest absolute Gasteiger partial charge is 0.460 e. The van der Waals surface area contributed by atoms with E-state index in [-0.39, 0.29) is 29.7 Å². The third-order valence-electron chi connectivity index (χ3n) is 11.4. The van der Waals surface area contributed by atoms with Crippen LogP contribution in [0, 0.1) is 11.3 Å². The van der Waals surface area contributed by atoms with E-state index in [2.05, 4.69) is 17.3 Å². The molecule has 4 aliphatic rings. The zero-order valence-electron chi connectivity index (χ0n) is 25.6. The maximum atomic E-state index is 14.3. The number of fused-ring (bicyclic) bond motifs is 4. The highest BCUT2D eigenvalue weighted by Gasteiger charge is 2.86. The molecule has 6 rings (SSSR count). The number of ether oxygens (including phenoxy) is 1. The van der Waals surface area contributed by atoms with E-state index in [9.17, 15) is 57.8 Å². The summed E-state index contributed by atoms with van der Waals surface area (Å²) < 4.78 is 155. The van der Waals surface area contributed by atoms with Crippen LogP contribution in [0.2, 0.25) is 18.6 Å². The van der Waals surface area contributed by atoms with Crippen LogP contribution >= 0.6 is 0 Å². The number of aryl methyl sites for hydroxylation is 1. The third kappa shape index (κ3) is 4.51. The molecule has 1 aliphatic heterocycles. The number of carbonyl (C=O) groups excluding carboxylic acids is 1. The van der Waals surface area contributed by atoms with Crippen molar-refractivity contribution in [3.05, 3.63) is 59.7 Å². The number of benzene rings is 2. The minimum atomic E-state index is -7.43. The van der Waals surface area contributed by atoms with Crippen molar-refractivity contribution >= 4 is 29.2 Å². The number of Topliss-reactive ketones (excluding diaryl/α,β-unsaturated/α-hetero) is 1. The summed E-state index contributed by atoms with van der Waals surface area (Å²) in [7, 11) is -9.31. The summed E-state index contributed by atoms with van der Waals surface area (Å²) in [5.41, 5.74) is -1.32. The number of aliphatic hydroxyl groups excluding tert-OH is 1. The van der Waals surface area contributed by atoms with Gasteiger partial charge in [-0.25, -0.2) is 0 Å². The Bertz CT molecular complexity index is 1750. The lowest BCUT2D eigenvalue weighted by atomic mass is 9.48. The van der Waals surface area contributed by atoms with Gasteiger partial charge in [0, 0.05) is 12.3 Å². The number of hydrogen-bond donors (Lipinski definition) is 1. The van der Waals surface area contributed by atoms with Gasteiger partial charge >= 0.3 is 33.4 Å². The second kappa shape index (κ2) is 10.4. The maximum absolute atomic E-state index is 14.3. The van der Waals surface area contributed by atoms with Crippen LogP contribution in [0.15, 0.2) is 48.5 Å². The first-order valence-electron chi connectivity index (χ1n) is 15.1. The van der Waals surface area contributed by atoms with Crippen molar-refractivity contribution in [1.29, 1.82) is 0 Å². The number of epoxide rings is 1. The van der Waals surface area contributed by atoms with E-state index in [4.69, 9.17) is 4.74 Å². The SMILES string of the molecule is C[C@]12C(=O)C[C@H]([Si](C)(C)c3ccccc3)C[C@@]13O[C@H]3[C@@H](O)[C@H]1c3ccc(OS(=O)(=O)C(F)(F)C(F)(F)C(F)(F)C(F)(F)F)cc3CC[C@@H]12. The fourth-order valence-corrected chi connectivity index (χ4v) is 12.4.